The lowest BCUT2D eigenvalue weighted by Crippen LogP contribution is -2.12. The van der Waals surface area contributed by atoms with Gasteiger partial charge in [-0.2, -0.15) is 5.26 Å². The molecular weight excluding hydrogens is 355 g/mol. The molecule has 6 nitrogen and oxygen atoms in total. The second-order valence-corrected chi connectivity index (χ2v) is 4.71. The van der Waals surface area contributed by atoms with Crippen molar-refractivity contribution in [2.24, 2.45) is 4.99 Å². The van der Waals surface area contributed by atoms with E-state index in [2.05, 4.69) is 10.3 Å². The molecule has 1 N–H and O–H groups in total. The lowest BCUT2D eigenvalue weighted by molar-refractivity contribution is -0.384. The fourth-order valence-corrected chi connectivity index (χ4v) is 1.78. The Morgan fingerprint density at radius 3 is 2.94 bits per heavy atom. The van der Waals surface area contributed by atoms with Gasteiger partial charge in [0, 0.05) is 15.7 Å². The van der Waals surface area contributed by atoms with E-state index in [-0.39, 0.29) is 5.69 Å². The van der Waals surface area contributed by atoms with Crippen LogP contribution in [0.2, 0.25) is 0 Å². The first kappa shape index (κ1) is 13.7. The Hall–Kier alpha value is -1.34. The van der Waals surface area contributed by atoms with Gasteiger partial charge >= 0.3 is 0 Å². The van der Waals surface area contributed by atoms with Gasteiger partial charge < -0.3 is 0 Å². The molecule has 0 saturated carbocycles. The molecule has 0 radical (unpaired) electrons. The second-order valence-electron chi connectivity index (χ2n) is 2.75. The standard InChI is InChI=1S/C9H7IN4O2S/c1-17-9(12-5-11)13-8-4-6(14(15)16)2-3-7(8)10/h2-4H,1H3,(H,12,13). The zero-order chi connectivity index (χ0) is 12.8. The molecule has 0 aliphatic rings. The van der Waals surface area contributed by atoms with Gasteiger partial charge in [-0.1, -0.05) is 11.8 Å². The highest BCUT2D eigenvalue weighted by Gasteiger charge is 2.09. The number of thioether (sulfide) groups is 1. The number of benzene rings is 1. The maximum Gasteiger partial charge on any atom is 0.271 e. The Balaban J connectivity index is 3.17. The Kier molecular flexibility index (Phi) is 5.17. The van der Waals surface area contributed by atoms with Crippen LogP contribution in [-0.2, 0) is 0 Å². The van der Waals surface area contributed by atoms with Crippen molar-refractivity contribution in [1.29, 1.82) is 5.26 Å². The number of nitrogens with zero attached hydrogens (tertiary/aromatic N) is 3. The molecule has 0 unspecified atom stereocenters. The average molecular weight is 362 g/mol. The van der Waals surface area contributed by atoms with E-state index in [9.17, 15) is 10.1 Å². The molecule has 0 bridgehead atoms. The fraction of sp³-hybridized carbons (Fsp3) is 0.111. The minimum absolute atomic E-state index is 0.0263. The summed E-state index contributed by atoms with van der Waals surface area (Å²) >= 11 is 3.28. The van der Waals surface area contributed by atoms with Crippen LogP contribution in [0.3, 0.4) is 0 Å². The van der Waals surface area contributed by atoms with Crippen LogP contribution in [-0.4, -0.2) is 16.3 Å². The molecule has 0 heterocycles. The molecule has 0 fully saturated rings. The van der Waals surface area contributed by atoms with Gasteiger partial charge in [-0.3, -0.25) is 15.4 Å². The van der Waals surface area contributed by atoms with E-state index in [0.29, 0.717) is 10.9 Å². The van der Waals surface area contributed by atoms with Crippen LogP contribution in [0.15, 0.2) is 23.2 Å². The predicted octanol–water partition coefficient (Wildman–Crippen LogP) is 2.62. The number of halogens is 1. The third-order valence-corrected chi connectivity index (χ3v) is 3.21. The first-order chi connectivity index (χ1) is 8.08. The van der Waals surface area contributed by atoms with Crippen molar-refractivity contribution in [3.8, 4) is 6.19 Å². The maximum absolute atomic E-state index is 10.6. The largest absolute Gasteiger partial charge is 0.271 e. The molecule has 0 atom stereocenters. The number of rotatable bonds is 2. The number of nitrogens with one attached hydrogen (secondary N) is 1. The van der Waals surface area contributed by atoms with Crippen LogP contribution >= 0.6 is 34.4 Å². The number of aliphatic imine (C=N–C) groups is 1. The van der Waals surface area contributed by atoms with Crippen molar-refractivity contribution < 1.29 is 4.92 Å². The minimum atomic E-state index is -0.481. The zero-order valence-electron chi connectivity index (χ0n) is 8.68. The maximum atomic E-state index is 10.6. The summed E-state index contributed by atoms with van der Waals surface area (Å²) in [6.07, 6.45) is 3.52. The van der Waals surface area contributed by atoms with E-state index in [0.717, 1.165) is 3.57 Å². The van der Waals surface area contributed by atoms with E-state index in [4.69, 9.17) is 5.26 Å². The first-order valence-corrected chi connectivity index (χ1v) is 6.60. The summed E-state index contributed by atoms with van der Waals surface area (Å²) in [7, 11) is 0. The van der Waals surface area contributed by atoms with Gasteiger partial charge in [0.2, 0.25) is 0 Å². The summed E-state index contributed by atoms with van der Waals surface area (Å²) in [6, 6.07) is 4.40. The lowest BCUT2D eigenvalue weighted by atomic mass is 10.3. The number of hydrogen-bond acceptors (Lipinski definition) is 5. The number of nitriles is 1. The molecule has 0 amide bonds. The fourth-order valence-electron chi connectivity index (χ4n) is 0.982. The van der Waals surface area contributed by atoms with E-state index in [1.807, 2.05) is 22.6 Å². The Morgan fingerprint density at radius 1 is 1.71 bits per heavy atom. The molecule has 1 aromatic carbocycles. The van der Waals surface area contributed by atoms with Crippen LogP contribution in [0.4, 0.5) is 11.4 Å². The highest BCUT2D eigenvalue weighted by atomic mass is 127. The van der Waals surface area contributed by atoms with Gasteiger partial charge in [-0.05, 0) is 34.9 Å². The van der Waals surface area contributed by atoms with Crippen molar-refractivity contribution in [2.45, 2.75) is 0 Å². The SMILES string of the molecule is CSC(=Nc1cc([N+](=O)[O-])ccc1I)NC#N. The zero-order valence-corrected chi connectivity index (χ0v) is 11.7. The Labute approximate surface area is 115 Å². The first-order valence-electron chi connectivity index (χ1n) is 4.30. The van der Waals surface area contributed by atoms with E-state index < -0.39 is 4.92 Å². The van der Waals surface area contributed by atoms with Gasteiger partial charge in [-0.25, -0.2) is 4.99 Å². The van der Waals surface area contributed by atoms with Crippen molar-refractivity contribution >= 4 is 50.9 Å². The highest BCUT2D eigenvalue weighted by molar-refractivity contribution is 14.1. The Morgan fingerprint density at radius 2 is 2.41 bits per heavy atom. The Bertz CT molecular complexity index is 512. The smallest absolute Gasteiger partial charge is 0.271 e. The van der Waals surface area contributed by atoms with Crippen LogP contribution in [0.5, 0.6) is 0 Å². The molecule has 0 aliphatic carbocycles. The summed E-state index contributed by atoms with van der Waals surface area (Å²) in [6.45, 7) is 0. The summed E-state index contributed by atoms with van der Waals surface area (Å²) < 4.78 is 0.777. The minimum Gasteiger partial charge on any atom is -0.271 e. The van der Waals surface area contributed by atoms with Gasteiger partial charge in [0.25, 0.3) is 5.69 Å². The third-order valence-electron chi connectivity index (χ3n) is 1.72. The van der Waals surface area contributed by atoms with Crippen LogP contribution in [0, 0.1) is 25.1 Å². The van der Waals surface area contributed by atoms with Gasteiger partial charge in [0.15, 0.2) is 11.4 Å². The summed E-state index contributed by atoms with van der Waals surface area (Å²) in [5.41, 5.74) is 0.438. The third kappa shape index (κ3) is 3.86. The van der Waals surface area contributed by atoms with Gasteiger partial charge in [0.1, 0.15) is 0 Å². The molecule has 8 heteroatoms. The van der Waals surface area contributed by atoms with Crippen LogP contribution < -0.4 is 5.32 Å². The van der Waals surface area contributed by atoms with E-state index in [1.165, 1.54) is 23.9 Å². The summed E-state index contributed by atoms with van der Waals surface area (Å²) in [5.74, 6) is 0. The van der Waals surface area contributed by atoms with Crippen molar-refractivity contribution in [3.05, 3.63) is 31.9 Å². The van der Waals surface area contributed by atoms with Crippen molar-refractivity contribution in [1.82, 2.24) is 5.32 Å². The molecule has 17 heavy (non-hydrogen) atoms. The van der Waals surface area contributed by atoms with Gasteiger partial charge in [-0.15, -0.1) is 0 Å². The number of hydrogen-bond donors (Lipinski definition) is 1. The molecular formula is C9H7IN4O2S. The number of non-ortho nitro benzene ring substituents is 1. The normalized spacial score (nSPS) is 10.8. The van der Waals surface area contributed by atoms with E-state index in [1.54, 1.807) is 18.5 Å². The highest BCUT2D eigenvalue weighted by Crippen LogP contribution is 2.27. The second kappa shape index (κ2) is 6.41. The molecule has 1 rings (SSSR count). The number of nitro groups is 1. The summed E-state index contributed by atoms with van der Waals surface area (Å²) in [4.78, 5) is 14.3. The van der Waals surface area contributed by atoms with Crippen molar-refractivity contribution in [2.75, 3.05) is 6.26 Å². The van der Waals surface area contributed by atoms with Crippen LogP contribution in [0.25, 0.3) is 0 Å². The van der Waals surface area contributed by atoms with Gasteiger partial charge in [0.05, 0.1) is 10.6 Å². The van der Waals surface area contributed by atoms with E-state index >= 15 is 0 Å². The molecule has 0 spiro atoms. The lowest BCUT2D eigenvalue weighted by Gasteiger charge is -2.02. The molecule has 0 aromatic heterocycles. The molecule has 0 saturated heterocycles. The molecule has 1 aromatic rings. The average Bonchev–Trinajstić information content (AvgIpc) is 2.30. The van der Waals surface area contributed by atoms with Crippen LogP contribution in [0.1, 0.15) is 0 Å². The monoisotopic (exact) mass is 362 g/mol. The predicted molar refractivity (Wildman–Crippen MR) is 75.2 cm³/mol. The summed E-state index contributed by atoms with van der Waals surface area (Å²) in [5, 5.41) is 21.9. The quantitative estimate of drug-likeness (QED) is 0.166. The topological polar surface area (TPSA) is 91.3 Å². The number of amidine groups is 1. The molecule has 88 valence electrons. The number of nitro benzene ring substituents is 1. The molecule has 0 aliphatic heterocycles. The van der Waals surface area contributed by atoms with Crippen molar-refractivity contribution in [3.63, 3.8) is 0 Å².